The second-order valence-electron chi connectivity index (χ2n) is 6.77. The van der Waals surface area contributed by atoms with Gasteiger partial charge in [0.05, 0.1) is 0 Å². The number of benzene rings is 1. The van der Waals surface area contributed by atoms with Crippen molar-refractivity contribution in [3.8, 4) is 0 Å². The summed E-state index contributed by atoms with van der Waals surface area (Å²) in [6, 6.07) is 12.4. The number of hydrogen-bond donors (Lipinski definition) is 2. The molecular weight excluding hydrogens is 423 g/mol. The standard InChI is InChI=1S/C20H28N4.HI/c1-14(2)16-7-5-9-18(11-16)24-20(21)23-13-19(15(3)4)17-8-6-10-22-12-17;/h5-12,14-15,19H,13H2,1-4H3,(H3,21,23,24);1H. The number of nitrogens with one attached hydrogen (secondary N) is 1. The third-order valence-electron chi connectivity index (χ3n) is 4.20. The van der Waals surface area contributed by atoms with Crippen molar-refractivity contribution < 1.29 is 0 Å². The normalized spacial score (nSPS) is 12.8. The fourth-order valence-corrected chi connectivity index (χ4v) is 2.66. The SMILES string of the molecule is CC(C)c1cccc(NC(N)=NCC(c2cccnc2)C(C)C)c1.I. The predicted octanol–water partition coefficient (Wildman–Crippen LogP) is 4.99. The van der Waals surface area contributed by atoms with Gasteiger partial charge in [0, 0.05) is 30.5 Å². The summed E-state index contributed by atoms with van der Waals surface area (Å²) in [6.07, 6.45) is 3.71. The number of rotatable bonds is 6. The molecule has 1 unspecified atom stereocenters. The molecule has 0 radical (unpaired) electrons. The first-order valence-corrected chi connectivity index (χ1v) is 8.54. The van der Waals surface area contributed by atoms with E-state index in [0.29, 0.717) is 30.3 Å². The van der Waals surface area contributed by atoms with Crippen LogP contribution in [-0.4, -0.2) is 17.5 Å². The van der Waals surface area contributed by atoms with Crippen LogP contribution in [-0.2, 0) is 0 Å². The van der Waals surface area contributed by atoms with Gasteiger partial charge in [-0.15, -0.1) is 24.0 Å². The minimum Gasteiger partial charge on any atom is -0.370 e. The molecule has 0 fully saturated rings. The minimum atomic E-state index is 0. The zero-order chi connectivity index (χ0) is 17.5. The smallest absolute Gasteiger partial charge is 0.193 e. The number of guanidine groups is 1. The lowest BCUT2D eigenvalue weighted by molar-refractivity contribution is 0.506. The first-order chi connectivity index (χ1) is 11.5. The van der Waals surface area contributed by atoms with Crippen LogP contribution in [0.15, 0.2) is 53.8 Å². The Bertz CT molecular complexity index is 668. The minimum absolute atomic E-state index is 0. The van der Waals surface area contributed by atoms with Gasteiger partial charge in [0.15, 0.2) is 5.96 Å². The Morgan fingerprint density at radius 1 is 1.12 bits per heavy atom. The number of halogens is 1. The molecule has 5 heteroatoms. The lowest BCUT2D eigenvalue weighted by Gasteiger charge is -2.19. The van der Waals surface area contributed by atoms with Gasteiger partial charge in [-0.05, 0) is 41.2 Å². The summed E-state index contributed by atoms with van der Waals surface area (Å²) in [7, 11) is 0. The molecule has 1 heterocycles. The maximum Gasteiger partial charge on any atom is 0.193 e. The maximum absolute atomic E-state index is 6.08. The van der Waals surface area contributed by atoms with Crippen LogP contribution in [0.3, 0.4) is 0 Å². The van der Waals surface area contributed by atoms with Crippen molar-refractivity contribution in [2.75, 3.05) is 11.9 Å². The topological polar surface area (TPSA) is 63.3 Å². The van der Waals surface area contributed by atoms with Crippen LogP contribution in [0.25, 0.3) is 0 Å². The van der Waals surface area contributed by atoms with Gasteiger partial charge in [0.2, 0.25) is 0 Å². The maximum atomic E-state index is 6.08. The van der Waals surface area contributed by atoms with Crippen molar-refractivity contribution in [3.63, 3.8) is 0 Å². The van der Waals surface area contributed by atoms with Crippen LogP contribution in [0, 0.1) is 5.92 Å². The number of aromatic nitrogens is 1. The lowest BCUT2D eigenvalue weighted by atomic mass is 9.89. The Hall–Kier alpha value is -1.63. The van der Waals surface area contributed by atoms with E-state index in [1.165, 1.54) is 11.1 Å². The Morgan fingerprint density at radius 3 is 2.44 bits per heavy atom. The molecule has 1 aromatic carbocycles. The van der Waals surface area contributed by atoms with Crippen LogP contribution in [0.4, 0.5) is 5.69 Å². The van der Waals surface area contributed by atoms with Crippen molar-refractivity contribution in [1.29, 1.82) is 0 Å². The Kier molecular flexibility index (Phi) is 8.89. The quantitative estimate of drug-likeness (QED) is 0.369. The van der Waals surface area contributed by atoms with Gasteiger partial charge in [-0.2, -0.15) is 0 Å². The van der Waals surface area contributed by atoms with Crippen molar-refractivity contribution in [2.24, 2.45) is 16.6 Å². The number of nitrogens with two attached hydrogens (primary N) is 1. The number of nitrogens with zero attached hydrogens (tertiary/aromatic N) is 2. The average Bonchev–Trinajstić information content (AvgIpc) is 2.56. The summed E-state index contributed by atoms with van der Waals surface area (Å²) >= 11 is 0. The highest BCUT2D eigenvalue weighted by Gasteiger charge is 2.15. The number of pyridine rings is 1. The van der Waals surface area contributed by atoms with E-state index >= 15 is 0 Å². The molecule has 0 aliphatic carbocycles. The molecule has 2 aromatic rings. The molecule has 0 amide bonds. The molecule has 1 aromatic heterocycles. The molecule has 3 N–H and O–H groups in total. The van der Waals surface area contributed by atoms with Crippen LogP contribution >= 0.6 is 24.0 Å². The van der Waals surface area contributed by atoms with Crippen LogP contribution in [0.2, 0.25) is 0 Å². The van der Waals surface area contributed by atoms with Crippen molar-refractivity contribution in [2.45, 2.75) is 39.5 Å². The largest absolute Gasteiger partial charge is 0.370 e. The Morgan fingerprint density at radius 2 is 1.84 bits per heavy atom. The zero-order valence-electron chi connectivity index (χ0n) is 15.4. The van der Waals surface area contributed by atoms with Gasteiger partial charge >= 0.3 is 0 Å². The molecule has 25 heavy (non-hydrogen) atoms. The summed E-state index contributed by atoms with van der Waals surface area (Å²) in [5, 5.41) is 3.20. The predicted molar refractivity (Wildman–Crippen MR) is 118 cm³/mol. The van der Waals surface area contributed by atoms with Crippen molar-refractivity contribution in [3.05, 3.63) is 59.9 Å². The number of anilines is 1. The monoisotopic (exact) mass is 452 g/mol. The van der Waals surface area contributed by atoms with Gasteiger partial charge in [-0.1, -0.05) is 45.9 Å². The van der Waals surface area contributed by atoms with Gasteiger partial charge in [-0.3, -0.25) is 9.98 Å². The fraction of sp³-hybridized carbons (Fsp3) is 0.400. The van der Waals surface area contributed by atoms with Crippen LogP contribution in [0.5, 0.6) is 0 Å². The Labute approximate surface area is 168 Å². The van der Waals surface area contributed by atoms with E-state index in [9.17, 15) is 0 Å². The number of aliphatic imine (C=N–C) groups is 1. The second kappa shape index (κ2) is 10.4. The average molecular weight is 452 g/mol. The highest BCUT2D eigenvalue weighted by Crippen LogP contribution is 2.24. The summed E-state index contributed by atoms with van der Waals surface area (Å²) in [4.78, 5) is 8.76. The molecule has 0 saturated heterocycles. The summed E-state index contributed by atoms with van der Waals surface area (Å²) < 4.78 is 0. The molecule has 0 spiro atoms. The summed E-state index contributed by atoms with van der Waals surface area (Å²) in [6.45, 7) is 9.40. The lowest BCUT2D eigenvalue weighted by Crippen LogP contribution is -2.24. The summed E-state index contributed by atoms with van der Waals surface area (Å²) in [5.74, 6) is 1.71. The first kappa shape index (κ1) is 21.4. The fourth-order valence-electron chi connectivity index (χ4n) is 2.66. The van der Waals surface area contributed by atoms with Gasteiger partial charge < -0.3 is 11.1 Å². The van der Waals surface area contributed by atoms with E-state index in [1.54, 1.807) is 6.20 Å². The molecule has 0 saturated carbocycles. The first-order valence-electron chi connectivity index (χ1n) is 8.54. The van der Waals surface area contributed by atoms with Crippen molar-refractivity contribution in [1.82, 2.24) is 4.98 Å². The highest BCUT2D eigenvalue weighted by molar-refractivity contribution is 14.0. The summed E-state index contributed by atoms with van der Waals surface area (Å²) in [5.41, 5.74) is 9.54. The van der Waals surface area contributed by atoms with Crippen LogP contribution < -0.4 is 11.1 Å². The molecule has 2 rings (SSSR count). The van der Waals surface area contributed by atoms with E-state index in [-0.39, 0.29) is 24.0 Å². The van der Waals surface area contributed by atoms with Gasteiger partial charge in [0.25, 0.3) is 0 Å². The third kappa shape index (κ3) is 6.65. The molecule has 136 valence electrons. The number of hydrogen-bond acceptors (Lipinski definition) is 2. The Balaban J connectivity index is 0.00000312. The van der Waals surface area contributed by atoms with E-state index < -0.39 is 0 Å². The van der Waals surface area contributed by atoms with E-state index in [0.717, 1.165) is 5.69 Å². The second-order valence-corrected chi connectivity index (χ2v) is 6.77. The van der Waals surface area contributed by atoms with E-state index in [1.807, 2.05) is 24.4 Å². The molecule has 0 bridgehead atoms. The molecule has 0 aliphatic heterocycles. The van der Waals surface area contributed by atoms with E-state index in [2.05, 4.69) is 61.2 Å². The highest BCUT2D eigenvalue weighted by atomic mass is 127. The van der Waals surface area contributed by atoms with Gasteiger partial charge in [-0.25, -0.2) is 0 Å². The molecule has 4 nitrogen and oxygen atoms in total. The third-order valence-corrected chi connectivity index (χ3v) is 4.20. The molecule has 0 aliphatic rings. The van der Waals surface area contributed by atoms with Crippen molar-refractivity contribution >= 4 is 35.6 Å². The molecular formula is C20H29IN4. The van der Waals surface area contributed by atoms with Crippen LogP contribution in [0.1, 0.15) is 50.7 Å². The van der Waals surface area contributed by atoms with Gasteiger partial charge in [0.1, 0.15) is 0 Å². The van der Waals surface area contributed by atoms with E-state index in [4.69, 9.17) is 5.73 Å². The zero-order valence-corrected chi connectivity index (χ0v) is 17.8. The molecule has 1 atom stereocenters.